The fourth-order valence-corrected chi connectivity index (χ4v) is 3.28. The van der Waals surface area contributed by atoms with Gasteiger partial charge in [0.25, 0.3) is 0 Å². The Morgan fingerprint density at radius 1 is 1.03 bits per heavy atom. The second-order valence-corrected chi connectivity index (χ2v) is 6.98. The molecule has 0 bridgehead atoms. The molecular formula is C21H16ClN7. The highest BCUT2D eigenvalue weighted by Gasteiger charge is 2.09. The van der Waals surface area contributed by atoms with E-state index >= 15 is 0 Å². The van der Waals surface area contributed by atoms with Crippen LogP contribution < -0.4 is 5.32 Å². The molecule has 0 unspecified atom stereocenters. The van der Waals surface area contributed by atoms with E-state index in [1.54, 1.807) is 12.4 Å². The number of H-pyrrole nitrogens is 1. The predicted molar refractivity (Wildman–Crippen MR) is 113 cm³/mol. The highest BCUT2D eigenvalue weighted by Crippen LogP contribution is 2.28. The number of halogens is 1. The molecule has 5 rings (SSSR count). The third-order valence-corrected chi connectivity index (χ3v) is 4.77. The fourth-order valence-electron chi connectivity index (χ4n) is 3.16. The second-order valence-electron chi connectivity index (χ2n) is 6.54. The summed E-state index contributed by atoms with van der Waals surface area (Å²) in [4.78, 5) is 16.4. The Balaban J connectivity index is 1.37. The standard InChI is InChI=1S/C21H16ClN7/c22-15-7-5-14(6-8-15)17-10-23-13-24-21(17)26-16-9-25-29(11-16)12-20-27-18-3-1-2-4-19(18)28-20/h1-11,13H,12H2,(H,27,28)(H,23,24,26). The minimum absolute atomic E-state index is 0.546. The van der Waals surface area contributed by atoms with Crippen LogP contribution in [0, 0.1) is 0 Å². The first-order chi connectivity index (χ1) is 14.2. The van der Waals surface area contributed by atoms with E-state index in [-0.39, 0.29) is 0 Å². The summed E-state index contributed by atoms with van der Waals surface area (Å²) in [6.07, 6.45) is 6.97. The van der Waals surface area contributed by atoms with Crippen molar-refractivity contribution < 1.29 is 0 Å². The van der Waals surface area contributed by atoms with Gasteiger partial charge in [-0.3, -0.25) is 4.68 Å². The molecule has 2 aromatic carbocycles. The SMILES string of the molecule is Clc1ccc(-c2cncnc2Nc2cnn(Cc3nc4ccccc4[nH]3)c2)cc1. The van der Waals surface area contributed by atoms with E-state index in [1.165, 1.54) is 6.33 Å². The van der Waals surface area contributed by atoms with Crippen LogP contribution in [0.2, 0.25) is 5.02 Å². The molecule has 5 aromatic rings. The zero-order valence-electron chi connectivity index (χ0n) is 15.2. The predicted octanol–water partition coefficient (Wildman–Crippen LogP) is 4.66. The number of fused-ring (bicyclic) bond motifs is 1. The third kappa shape index (κ3) is 3.68. The van der Waals surface area contributed by atoms with E-state index in [0.29, 0.717) is 17.4 Å². The maximum Gasteiger partial charge on any atom is 0.141 e. The number of anilines is 2. The molecule has 0 aliphatic rings. The average molecular weight is 402 g/mol. The van der Waals surface area contributed by atoms with Crippen molar-refractivity contribution in [3.8, 4) is 11.1 Å². The molecule has 2 N–H and O–H groups in total. The lowest BCUT2D eigenvalue weighted by molar-refractivity contribution is 0.663. The van der Waals surface area contributed by atoms with Crippen molar-refractivity contribution in [3.63, 3.8) is 0 Å². The molecule has 8 heteroatoms. The van der Waals surface area contributed by atoms with Crippen LogP contribution in [0.1, 0.15) is 5.82 Å². The lowest BCUT2D eigenvalue weighted by atomic mass is 10.1. The summed E-state index contributed by atoms with van der Waals surface area (Å²) in [6.45, 7) is 0.546. The second kappa shape index (κ2) is 7.37. The number of nitrogens with one attached hydrogen (secondary N) is 2. The third-order valence-electron chi connectivity index (χ3n) is 4.51. The first kappa shape index (κ1) is 17.4. The number of rotatable bonds is 5. The molecule has 0 spiro atoms. The summed E-state index contributed by atoms with van der Waals surface area (Å²) in [6, 6.07) is 15.5. The van der Waals surface area contributed by atoms with Gasteiger partial charge in [-0.25, -0.2) is 15.0 Å². The Morgan fingerprint density at radius 2 is 1.90 bits per heavy atom. The minimum Gasteiger partial charge on any atom is -0.340 e. The van der Waals surface area contributed by atoms with Crippen molar-refractivity contribution in [2.24, 2.45) is 0 Å². The summed E-state index contributed by atoms with van der Waals surface area (Å²) in [5.41, 5.74) is 4.65. The highest BCUT2D eigenvalue weighted by atomic mass is 35.5. The first-order valence-electron chi connectivity index (χ1n) is 9.04. The molecule has 3 aromatic heterocycles. The molecule has 29 heavy (non-hydrogen) atoms. The van der Waals surface area contributed by atoms with E-state index in [2.05, 4.69) is 30.4 Å². The molecule has 0 saturated heterocycles. The number of hydrogen-bond acceptors (Lipinski definition) is 5. The lowest BCUT2D eigenvalue weighted by Gasteiger charge is -2.09. The van der Waals surface area contributed by atoms with Gasteiger partial charge < -0.3 is 10.3 Å². The van der Waals surface area contributed by atoms with Crippen LogP contribution in [0.15, 0.2) is 73.4 Å². The Morgan fingerprint density at radius 3 is 2.76 bits per heavy atom. The van der Waals surface area contributed by atoms with E-state index in [4.69, 9.17) is 11.6 Å². The largest absolute Gasteiger partial charge is 0.340 e. The van der Waals surface area contributed by atoms with Crippen LogP contribution in [0.25, 0.3) is 22.2 Å². The van der Waals surface area contributed by atoms with Gasteiger partial charge in [0.2, 0.25) is 0 Å². The number of hydrogen-bond donors (Lipinski definition) is 2. The van der Waals surface area contributed by atoms with Crippen LogP contribution in [0.4, 0.5) is 11.5 Å². The summed E-state index contributed by atoms with van der Waals surface area (Å²) in [5, 5.41) is 8.43. The number of para-hydroxylation sites is 2. The van der Waals surface area contributed by atoms with E-state index in [0.717, 1.165) is 33.7 Å². The van der Waals surface area contributed by atoms with Gasteiger partial charge in [0.05, 0.1) is 29.5 Å². The Labute approximate surface area is 171 Å². The summed E-state index contributed by atoms with van der Waals surface area (Å²) in [5.74, 6) is 1.55. The van der Waals surface area contributed by atoms with Crippen LogP contribution >= 0.6 is 11.6 Å². The number of benzene rings is 2. The Hall–Kier alpha value is -3.71. The van der Waals surface area contributed by atoms with Crippen molar-refractivity contribution in [2.45, 2.75) is 6.54 Å². The van der Waals surface area contributed by atoms with Crippen molar-refractivity contribution in [1.82, 2.24) is 29.7 Å². The molecule has 0 fully saturated rings. The topological polar surface area (TPSA) is 84.3 Å². The van der Waals surface area contributed by atoms with Gasteiger partial charge in [-0.2, -0.15) is 5.10 Å². The molecule has 0 aliphatic heterocycles. The molecule has 0 amide bonds. The van der Waals surface area contributed by atoms with Gasteiger partial charge in [-0.15, -0.1) is 0 Å². The Bertz CT molecular complexity index is 1240. The number of aromatic nitrogens is 6. The van der Waals surface area contributed by atoms with Gasteiger partial charge in [0.15, 0.2) is 0 Å². The van der Waals surface area contributed by atoms with E-state index in [1.807, 2.05) is 59.4 Å². The molecule has 0 radical (unpaired) electrons. The smallest absolute Gasteiger partial charge is 0.141 e. The van der Waals surface area contributed by atoms with E-state index in [9.17, 15) is 0 Å². The van der Waals surface area contributed by atoms with Crippen molar-refractivity contribution >= 4 is 34.1 Å². The van der Waals surface area contributed by atoms with Crippen LogP contribution in [-0.4, -0.2) is 29.7 Å². The normalized spacial score (nSPS) is 11.1. The number of nitrogens with zero attached hydrogens (tertiary/aromatic N) is 5. The lowest BCUT2D eigenvalue weighted by Crippen LogP contribution is -2.01. The molecular weight excluding hydrogens is 386 g/mol. The Kier molecular flexibility index (Phi) is 4.42. The molecule has 7 nitrogen and oxygen atoms in total. The van der Waals surface area contributed by atoms with Gasteiger partial charge in [-0.05, 0) is 29.8 Å². The summed E-state index contributed by atoms with van der Waals surface area (Å²) >= 11 is 6.00. The van der Waals surface area contributed by atoms with Gasteiger partial charge in [0.1, 0.15) is 18.0 Å². The fraction of sp³-hybridized carbons (Fsp3) is 0.0476. The van der Waals surface area contributed by atoms with Crippen molar-refractivity contribution in [2.75, 3.05) is 5.32 Å². The molecule has 0 atom stereocenters. The van der Waals surface area contributed by atoms with Gasteiger partial charge in [0, 0.05) is 23.0 Å². The minimum atomic E-state index is 0.546. The van der Waals surface area contributed by atoms with Gasteiger partial charge >= 0.3 is 0 Å². The molecule has 0 saturated carbocycles. The molecule has 0 aliphatic carbocycles. The molecule has 142 valence electrons. The molecule has 3 heterocycles. The van der Waals surface area contributed by atoms with E-state index < -0.39 is 0 Å². The number of imidazole rings is 1. The van der Waals surface area contributed by atoms with Crippen LogP contribution in [-0.2, 0) is 6.54 Å². The summed E-state index contributed by atoms with van der Waals surface area (Å²) in [7, 11) is 0. The quantitative estimate of drug-likeness (QED) is 0.447. The van der Waals surface area contributed by atoms with Crippen LogP contribution in [0.3, 0.4) is 0 Å². The summed E-state index contributed by atoms with van der Waals surface area (Å²) < 4.78 is 1.82. The maximum absolute atomic E-state index is 6.00. The first-order valence-corrected chi connectivity index (χ1v) is 9.41. The zero-order valence-corrected chi connectivity index (χ0v) is 16.0. The van der Waals surface area contributed by atoms with Gasteiger partial charge in [-0.1, -0.05) is 35.9 Å². The van der Waals surface area contributed by atoms with Crippen molar-refractivity contribution in [3.05, 3.63) is 84.3 Å². The monoisotopic (exact) mass is 401 g/mol. The zero-order chi connectivity index (χ0) is 19.6. The maximum atomic E-state index is 6.00. The number of aromatic amines is 1. The average Bonchev–Trinajstić information content (AvgIpc) is 3.35. The van der Waals surface area contributed by atoms with Crippen LogP contribution in [0.5, 0.6) is 0 Å². The highest BCUT2D eigenvalue weighted by molar-refractivity contribution is 6.30. The van der Waals surface area contributed by atoms with Crippen molar-refractivity contribution in [1.29, 1.82) is 0 Å².